The maximum absolute atomic E-state index is 11.6. The van der Waals surface area contributed by atoms with Crippen LogP contribution in [0.3, 0.4) is 0 Å². The van der Waals surface area contributed by atoms with Gasteiger partial charge >= 0.3 is 6.09 Å². The molecule has 1 amide bonds. The fourth-order valence-electron chi connectivity index (χ4n) is 1.17. The molecular weight excluding hydrogens is 218 g/mol. The Bertz CT molecular complexity index is 374. The summed E-state index contributed by atoms with van der Waals surface area (Å²) in [7, 11) is 0. The molecule has 0 bridgehead atoms. The highest BCUT2D eigenvalue weighted by Gasteiger charge is 2.08. The van der Waals surface area contributed by atoms with E-state index in [1.165, 1.54) is 0 Å². The number of hydrogen-bond acceptors (Lipinski definition) is 3. The quantitative estimate of drug-likeness (QED) is 0.796. The lowest BCUT2D eigenvalue weighted by atomic mass is 10.1. The van der Waals surface area contributed by atoms with Crippen LogP contribution >= 0.6 is 0 Å². The summed E-state index contributed by atoms with van der Waals surface area (Å²) in [6.45, 7) is 4.21. The number of hydrogen-bond donors (Lipinski definition) is 1. The topological polar surface area (TPSA) is 55.4 Å². The van der Waals surface area contributed by atoms with Crippen molar-refractivity contribution in [2.75, 3.05) is 13.2 Å². The molecule has 0 aliphatic carbocycles. The van der Waals surface area contributed by atoms with Crippen molar-refractivity contribution in [3.63, 3.8) is 0 Å². The molecule has 0 saturated heterocycles. The Morgan fingerprint density at radius 2 is 1.88 bits per heavy atom. The molecule has 17 heavy (non-hydrogen) atoms. The molecule has 0 aromatic heterocycles. The van der Waals surface area contributed by atoms with E-state index >= 15 is 0 Å². The first-order valence-corrected chi connectivity index (χ1v) is 5.58. The lowest BCUT2D eigenvalue weighted by Gasteiger charge is -2.08. The molecule has 0 aliphatic heterocycles. The lowest BCUT2D eigenvalue weighted by molar-refractivity contribution is 0.0971. The molecule has 1 aromatic carbocycles. The molecule has 0 atom stereocenters. The summed E-state index contributed by atoms with van der Waals surface area (Å²) in [4.78, 5) is 22.8. The number of nitrogens with one attached hydrogen (secondary N) is 1. The second-order valence-electron chi connectivity index (χ2n) is 4.14. The van der Waals surface area contributed by atoms with E-state index in [1.54, 1.807) is 24.3 Å². The van der Waals surface area contributed by atoms with Crippen LogP contribution in [0.15, 0.2) is 30.3 Å². The summed E-state index contributed by atoms with van der Waals surface area (Å²) in [5.74, 6) is 0.151. The third kappa shape index (κ3) is 5.15. The van der Waals surface area contributed by atoms with E-state index in [0.717, 1.165) is 0 Å². The first-order chi connectivity index (χ1) is 8.09. The molecule has 0 saturated carbocycles. The number of alkyl carbamates (subject to hydrolysis) is 1. The fourth-order valence-corrected chi connectivity index (χ4v) is 1.17. The van der Waals surface area contributed by atoms with E-state index in [0.29, 0.717) is 12.2 Å². The lowest BCUT2D eigenvalue weighted by Crippen LogP contribution is -2.30. The van der Waals surface area contributed by atoms with Crippen molar-refractivity contribution < 1.29 is 14.3 Å². The van der Waals surface area contributed by atoms with Crippen LogP contribution in [0.1, 0.15) is 24.2 Å². The molecule has 0 fully saturated rings. The molecule has 1 aromatic rings. The van der Waals surface area contributed by atoms with Gasteiger partial charge in [-0.1, -0.05) is 44.2 Å². The SMILES string of the molecule is CC(C)COC(=O)NCC(=O)c1ccccc1. The third-order valence-corrected chi connectivity index (χ3v) is 2.04. The van der Waals surface area contributed by atoms with Gasteiger partial charge in [0.25, 0.3) is 0 Å². The minimum Gasteiger partial charge on any atom is -0.449 e. The van der Waals surface area contributed by atoms with Gasteiger partial charge in [0.15, 0.2) is 5.78 Å². The van der Waals surface area contributed by atoms with Gasteiger partial charge in [-0.3, -0.25) is 4.79 Å². The van der Waals surface area contributed by atoms with Gasteiger partial charge in [-0.05, 0) is 5.92 Å². The molecule has 0 unspecified atom stereocenters. The number of carbonyl (C=O) groups excluding carboxylic acids is 2. The van der Waals surface area contributed by atoms with Crippen molar-refractivity contribution in [3.8, 4) is 0 Å². The average Bonchev–Trinajstić information content (AvgIpc) is 2.34. The smallest absolute Gasteiger partial charge is 0.407 e. The Balaban J connectivity index is 2.31. The highest BCUT2D eigenvalue weighted by atomic mass is 16.5. The zero-order valence-electron chi connectivity index (χ0n) is 10.1. The Morgan fingerprint density at radius 3 is 2.47 bits per heavy atom. The average molecular weight is 235 g/mol. The van der Waals surface area contributed by atoms with Crippen LogP contribution in [0.25, 0.3) is 0 Å². The zero-order valence-corrected chi connectivity index (χ0v) is 10.1. The summed E-state index contributed by atoms with van der Waals surface area (Å²) in [5.41, 5.74) is 0.580. The maximum atomic E-state index is 11.6. The monoisotopic (exact) mass is 235 g/mol. The summed E-state index contributed by atoms with van der Waals surface area (Å²) in [6, 6.07) is 8.82. The van der Waals surface area contributed by atoms with Crippen LogP contribution in [-0.4, -0.2) is 25.0 Å². The first kappa shape index (κ1) is 13.2. The Morgan fingerprint density at radius 1 is 1.24 bits per heavy atom. The van der Waals surface area contributed by atoms with Crippen LogP contribution in [-0.2, 0) is 4.74 Å². The number of carbonyl (C=O) groups is 2. The van der Waals surface area contributed by atoms with Gasteiger partial charge in [0.2, 0.25) is 0 Å². The molecule has 4 nitrogen and oxygen atoms in total. The van der Waals surface area contributed by atoms with Gasteiger partial charge in [-0.2, -0.15) is 0 Å². The number of amides is 1. The van der Waals surface area contributed by atoms with Crippen molar-refractivity contribution in [1.82, 2.24) is 5.32 Å². The van der Waals surface area contributed by atoms with Gasteiger partial charge in [-0.25, -0.2) is 4.79 Å². The number of ketones is 1. The van der Waals surface area contributed by atoms with Crippen LogP contribution < -0.4 is 5.32 Å². The second kappa shape index (κ2) is 6.68. The Labute approximate surface area is 101 Å². The largest absolute Gasteiger partial charge is 0.449 e. The van der Waals surface area contributed by atoms with Crippen molar-refractivity contribution in [3.05, 3.63) is 35.9 Å². The zero-order chi connectivity index (χ0) is 12.7. The van der Waals surface area contributed by atoms with E-state index in [4.69, 9.17) is 4.74 Å². The second-order valence-corrected chi connectivity index (χ2v) is 4.14. The van der Waals surface area contributed by atoms with Crippen molar-refractivity contribution >= 4 is 11.9 Å². The van der Waals surface area contributed by atoms with Crippen molar-refractivity contribution in [2.24, 2.45) is 5.92 Å². The number of rotatable bonds is 5. The molecule has 92 valence electrons. The number of benzene rings is 1. The van der Waals surface area contributed by atoms with E-state index < -0.39 is 6.09 Å². The predicted octanol–water partition coefficient (Wildman–Crippen LogP) is 2.25. The van der Waals surface area contributed by atoms with Crippen LogP contribution in [0, 0.1) is 5.92 Å². The summed E-state index contributed by atoms with van der Waals surface area (Å²) < 4.78 is 4.89. The van der Waals surface area contributed by atoms with Gasteiger partial charge in [-0.15, -0.1) is 0 Å². The third-order valence-electron chi connectivity index (χ3n) is 2.04. The molecule has 1 N–H and O–H groups in total. The molecule has 0 spiro atoms. The molecular formula is C13H17NO3. The van der Waals surface area contributed by atoms with Gasteiger partial charge in [0.1, 0.15) is 0 Å². The van der Waals surface area contributed by atoms with Crippen molar-refractivity contribution in [1.29, 1.82) is 0 Å². The van der Waals surface area contributed by atoms with Crippen LogP contribution in [0.2, 0.25) is 0 Å². The van der Waals surface area contributed by atoms with Crippen molar-refractivity contribution in [2.45, 2.75) is 13.8 Å². The van der Waals surface area contributed by atoms with Gasteiger partial charge < -0.3 is 10.1 Å². The van der Waals surface area contributed by atoms with Gasteiger partial charge in [0, 0.05) is 5.56 Å². The Hall–Kier alpha value is -1.84. The molecule has 0 radical (unpaired) electrons. The highest BCUT2D eigenvalue weighted by Crippen LogP contribution is 1.99. The minimum atomic E-state index is -0.553. The molecule has 1 rings (SSSR count). The normalized spacial score (nSPS) is 10.1. The summed E-state index contributed by atoms with van der Waals surface area (Å²) in [5, 5.41) is 2.43. The summed E-state index contributed by atoms with van der Waals surface area (Å²) >= 11 is 0. The summed E-state index contributed by atoms with van der Waals surface area (Å²) in [6.07, 6.45) is -0.553. The fraction of sp³-hybridized carbons (Fsp3) is 0.385. The van der Waals surface area contributed by atoms with E-state index in [9.17, 15) is 9.59 Å². The van der Waals surface area contributed by atoms with E-state index in [1.807, 2.05) is 19.9 Å². The maximum Gasteiger partial charge on any atom is 0.407 e. The van der Waals surface area contributed by atoms with E-state index in [2.05, 4.69) is 5.32 Å². The molecule has 0 aliphatic rings. The van der Waals surface area contributed by atoms with Gasteiger partial charge in [0.05, 0.1) is 13.2 Å². The highest BCUT2D eigenvalue weighted by molar-refractivity contribution is 5.98. The van der Waals surface area contributed by atoms with E-state index in [-0.39, 0.29) is 18.2 Å². The number of Topliss-reactive ketones (excluding diaryl/α,β-unsaturated/α-hetero) is 1. The number of ether oxygens (including phenoxy) is 1. The minimum absolute atomic E-state index is 0.0407. The predicted molar refractivity (Wildman–Crippen MR) is 65.0 cm³/mol. The standard InChI is InChI=1S/C13H17NO3/c1-10(2)9-17-13(16)14-8-12(15)11-6-4-3-5-7-11/h3-7,10H,8-9H2,1-2H3,(H,14,16). The Kier molecular flexibility index (Phi) is 5.20. The molecule has 0 heterocycles. The molecule has 4 heteroatoms. The first-order valence-electron chi connectivity index (χ1n) is 5.58. The van der Waals surface area contributed by atoms with Crippen LogP contribution in [0.4, 0.5) is 4.79 Å². The van der Waals surface area contributed by atoms with Crippen LogP contribution in [0.5, 0.6) is 0 Å².